The van der Waals surface area contributed by atoms with Crippen molar-refractivity contribution in [2.75, 3.05) is 0 Å². The fourth-order valence-corrected chi connectivity index (χ4v) is 4.93. The summed E-state index contributed by atoms with van der Waals surface area (Å²) < 4.78 is 0. The second-order valence-electron chi connectivity index (χ2n) is 7.52. The molecule has 0 radical (unpaired) electrons. The maximum Gasteiger partial charge on any atom is -0.0204 e. The van der Waals surface area contributed by atoms with Gasteiger partial charge in [-0.15, -0.1) is 0 Å². The van der Waals surface area contributed by atoms with E-state index in [1.54, 1.807) is 0 Å². The molecule has 3 atom stereocenters. The Morgan fingerprint density at radius 3 is 1.36 bits per heavy atom. The van der Waals surface area contributed by atoms with E-state index >= 15 is 0 Å². The molecule has 2 saturated carbocycles. The Bertz CT molecular complexity index is 278. The highest BCUT2D eigenvalue weighted by Crippen LogP contribution is 2.86. The molecular weight excluding hydrogens is 168 g/mol. The summed E-state index contributed by atoms with van der Waals surface area (Å²) in [6.07, 6.45) is 0. The largest absolute Gasteiger partial charge is 0.0617 e. The van der Waals surface area contributed by atoms with Gasteiger partial charge in [-0.1, -0.05) is 55.4 Å². The fourth-order valence-electron chi connectivity index (χ4n) is 4.93. The first-order valence-electron chi connectivity index (χ1n) is 6.03. The molecule has 3 unspecified atom stereocenters. The van der Waals surface area contributed by atoms with Gasteiger partial charge >= 0.3 is 0 Å². The Balaban J connectivity index is 2.56. The number of hydrogen-bond donors (Lipinski definition) is 0. The molecular formula is C14H26. The molecule has 0 nitrogen and oxygen atoms in total. The van der Waals surface area contributed by atoms with Crippen molar-refractivity contribution in [3.63, 3.8) is 0 Å². The molecule has 14 heavy (non-hydrogen) atoms. The van der Waals surface area contributed by atoms with Gasteiger partial charge in [-0.2, -0.15) is 0 Å². The molecule has 0 N–H and O–H groups in total. The molecule has 0 heteroatoms. The van der Waals surface area contributed by atoms with E-state index in [-0.39, 0.29) is 0 Å². The van der Waals surface area contributed by atoms with Gasteiger partial charge in [0.05, 0.1) is 0 Å². The summed E-state index contributed by atoms with van der Waals surface area (Å²) in [6.45, 7) is 19.8. The molecule has 2 aliphatic rings. The highest BCUT2D eigenvalue weighted by atomic mass is 14.9. The molecule has 2 fully saturated rings. The highest BCUT2D eigenvalue weighted by Gasteiger charge is 2.81. The van der Waals surface area contributed by atoms with E-state index in [1.807, 2.05) is 0 Å². The van der Waals surface area contributed by atoms with Crippen LogP contribution in [0.25, 0.3) is 0 Å². The zero-order valence-electron chi connectivity index (χ0n) is 11.2. The molecule has 0 aromatic heterocycles. The average molecular weight is 194 g/mol. The van der Waals surface area contributed by atoms with Crippen molar-refractivity contribution < 1.29 is 0 Å². The van der Waals surface area contributed by atoms with Crippen LogP contribution in [0, 0.1) is 33.5 Å². The van der Waals surface area contributed by atoms with Crippen LogP contribution in [0.4, 0.5) is 0 Å². The smallest absolute Gasteiger partial charge is 0.0204 e. The molecule has 0 saturated heterocycles. The number of rotatable bonds is 0. The molecule has 0 aromatic carbocycles. The summed E-state index contributed by atoms with van der Waals surface area (Å²) in [6, 6.07) is 0. The van der Waals surface area contributed by atoms with Crippen molar-refractivity contribution in [3.8, 4) is 0 Å². The van der Waals surface area contributed by atoms with E-state index in [9.17, 15) is 0 Å². The molecule has 0 spiro atoms. The zero-order chi connectivity index (χ0) is 11.2. The summed E-state index contributed by atoms with van der Waals surface area (Å²) in [5.74, 6) is 1.85. The van der Waals surface area contributed by atoms with Crippen LogP contribution in [0.2, 0.25) is 0 Å². The minimum atomic E-state index is 0.450. The molecule has 2 rings (SSSR count). The van der Waals surface area contributed by atoms with Crippen LogP contribution in [0.5, 0.6) is 0 Å². The fraction of sp³-hybridized carbons (Fsp3) is 1.00. The van der Waals surface area contributed by atoms with Crippen molar-refractivity contribution in [2.24, 2.45) is 33.5 Å². The molecule has 0 bridgehead atoms. The third-order valence-corrected chi connectivity index (χ3v) is 7.28. The van der Waals surface area contributed by atoms with Crippen LogP contribution >= 0.6 is 0 Å². The molecule has 0 heterocycles. The van der Waals surface area contributed by atoms with E-state index < -0.39 is 0 Å². The Morgan fingerprint density at radius 2 is 1.14 bits per heavy atom. The van der Waals surface area contributed by atoms with Crippen LogP contribution in [0.3, 0.4) is 0 Å². The molecule has 0 amide bonds. The van der Waals surface area contributed by atoms with Crippen molar-refractivity contribution in [3.05, 3.63) is 0 Å². The van der Waals surface area contributed by atoms with E-state index in [0.29, 0.717) is 21.7 Å². The quantitative estimate of drug-likeness (QED) is 0.538. The lowest BCUT2D eigenvalue weighted by molar-refractivity contribution is -0.0164. The standard InChI is InChI=1S/C14H26/c1-9-10-11(2,3)12(4,5)13(6,7)14(9,10)8/h9-10H,1-8H3. The van der Waals surface area contributed by atoms with Crippen LogP contribution in [0.1, 0.15) is 55.4 Å². The average Bonchev–Trinajstić information content (AvgIpc) is 2.52. The predicted molar refractivity (Wildman–Crippen MR) is 62.1 cm³/mol. The monoisotopic (exact) mass is 194 g/mol. The van der Waals surface area contributed by atoms with Gasteiger partial charge in [0.15, 0.2) is 0 Å². The third kappa shape index (κ3) is 0.657. The first-order chi connectivity index (χ1) is 6.03. The molecule has 2 aliphatic carbocycles. The number of hydrogen-bond acceptors (Lipinski definition) is 0. The Hall–Kier alpha value is 0. The maximum absolute atomic E-state index is 2.51. The van der Waals surface area contributed by atoms with Gasteiger partial charge in [-0.3, -0.25) is 0 Å². The Kier molecular flexibility index (Phi) is 1.56. The van der Waals surface area contributed by atoms with Gasteiger partial charge in [0.25, 0.3) is 0 Å². The highest BCUT2D eigenvalue weighted by molar-refractivity contribution is 5.28. The summed E-state index contributed by atoms with van der Waals surface area (Å²) in [5, 5.41) is 0. The summed E-state index contributed by atoms with van der Waals surface area (Å²) in [4.78, 5) is 0. The van der Waals surface area contributed by atoms with Gasteiger partial charge in [0.1, 0.15) is 0 Å². The van der Waals surface area contributed by atoms with Crippen LogP contribution in [-0.4, -0.2) is 0 Å². The lowest BCUT2D eigenvalue weighted by Crippen LogP contribution is -2.43. The lowest BCUT2D eigenvalue weighted by atomic mass is 9.55. The van der Waals surface area contributed by atoms with Gasteiger partial charge in [0.2, 0.25) is 0 Å². The van der Waals surface area contributed by atoms with Gasteiger partial charge in [0, 0.05) is 0 Å². The van der Waals surface area contributed by atoms with E-state index in [1.165, 1.54) is 0 Å². The van der Waals surface area contributed by atoms with Gasteiger partial charge < -0.3 is 0 Å². The summed E-state index contributed by atoms with van der Waals surface area (Å²) in [7, 11) is 0. The first-order valence-corrected chi connectivity index (χ1v) is 6.03. The normalized spacial score (nSPS) is 51.4. The lowest BCUT2D eigenvalue weighted by Gasteiger charge is -2.50. The van der Waals surface area contributed by atoms with Crippen molar-refractivity contribution in [1.82, 2.24) is 0 Å². The molecule has 0 aromatic rings. The minimum absolute atomic E-state index is 0.450. The third-order valence-electron chi connectivity index (χ3n) is 7.28. The second-order valence-corrected chi connectivity index (χ2v) is 7.52. The second kappa shape index (κ2) is 2.08. The molecule has 0 aliphatic heterocycles. The zero-order valence-corrected chi connectivity index (χ0v) is 11.2. The predicted octanol–water partition coefficient (Wildman–Crippen LogP) is 4.35. The van der Waals surface area contributed by atoms with Crippen molar-refractivity contribution in [2.45, 2.75) is 55.4 Å². The van der Waals surface area contributed by atoms with E-state index in [2.05, 4.69) is 55.4 Å². The first kappa shape index (κ1) is 10.5. The van der Waals surface area contributed by atoms with Crippen LogP contribution < -0.4 is 0 Å². The Morgan fingerprint density at radius 1 is 0.714 bits per heavy atom. The summed E-state index contributed by atoms with van der Waals surface area (Å²) >= 11 is 0. The number of fused-ring (bicyclic) bond motifs is 1. The topological polar surface area (TPSA) is 0 Å². The van der Waals surface area contributed by atoms with Crippen LogP contribution in [-0.2, 0) is 0 Å². The summed E-state index contributed by atoms with van der Waals surface area (Å²) in [5.41, 5.74) is 1.99. The Labute approximate surface area is 89.5 Å². The SMILES string of the molecule is CC1C2C(C)(C)C(C)(C)C(C)(C)C12C. The minimum Gasteiger partial charge on any atom is -0.0617 e. The maximum atomic E-state index is 2.51. The molecule has 82 valence electrons. The van der Waals surface area contributed by atoms with Gasteiger partial charge in [-0.05, 0) is 33.5 Å². The van der Waals surface area contributed by atoms with Crippen LogP contribution in [0.15, 0.2) is 0 Å². The van der Waals surface area contributed by atoms with Crippen molar-refractivity contribution in [1.29, 1.82) is 0 Å². The van der Waals surface area contributed by atoms with E-state index in [0.717, 1.165) is 11.8 Å². The van der Waals surface area contributed by atoms with E-state index in [4.69, 9.17) is 0 Å². The van der Waals surface area contributed by atoms with Crippen molar-refractivity contribution >= 4 is 0 Å². The van der Waals surface area contributed by atoms with Gasteiger partial charge in [-0.25, -0.2) is 0 Å².